The summed E-state index contributed by atoms with van der Waals surface area (Å²) in [5.41, 5.74) is 3.62. The summed E-state index contributed by atoms with van der Waals surface area (Å²) in [5, 5.41) is 31.0. The smallest absolute Gasteiger partial charge is 0.197 e. The molecule has 0 radical (unpaired) electrons. The van der Waals surface area contributed by atoms with E-state index < -0.39 is 5.43 Å². The third-order valence-electron chi connectivity index (χ3n) is 5.15. The summed E-state index contributed by atoms with van der Waals surface area (Å²) in [5.74, 6) is 0.0119. The first kappa shape index (κ1) is 23.0. The molecule has 6 heteroatoms. The van der Waals surface area contributed by atoms with Crippen LogP contribution in [0, 0.1) is 0 Å². The van der Waals surface area contributed by atoms with Crippen molar-refractivity contribution in [3.8, 4) is 34.3 Å². The molecule has 3 N–H and O–H groups in total. The molecular weight excluding hydrogens is 408 g/mol. The van der Waals surface area contributed by atoms with Gasteiger partial charge in [0.05, 0.1) is 7.11 Å². The number of hydrogen-bond donors (Lipinski definition) is 3. The van der Waals surface area contributed by atoms with Crippen LogP contribution in [0.1, 0.15) is 38.8 Å². The Morgan fingerprint density at radius 1 is 0.969 bits per heavy atom. The first-order valence-corrected chi connectivity index (χ1v) is 10.3. The van der Waals surface area contributed by atoms with Gasteiger partial charge in [0.25, 0.3) is 0 Å². The van der Waals surface area contributed by atoms with Crippen LogP contribution in [0.5, 0.6) is 23.0 Å². The lowest BCUT2D eigenvalue weighted by Gasteiger charge is -2.17. The fraction of sp³-hybridized carbons (Fsp3) is 0.269. The number of hydrogen-bond acceptors (Lipinski definition) is 6. The summed E-state index contributed by atoms with van der Waals surface area (Å²) in [7, 11) is 1.51. The van der Waals surface area contributed by atoms with Gasteiger partial charge in [-0.15, -0.1) is 0 Å². The SMILES string of the molecule is COc1c(CC=C(C)C)cc(-c2cc(=O)c3c(O)cc(O)cc3o2)c(CC=C(C)C)c1O. The monoisotopic (exact) mass is 436 g/mol. The molecule has 1 heterocycles. The highest BCUT2D eigenvalue weighted by Gasteiger charge is 2.21. The van der Waals surface area contributed by atoms with Gasteiger partial charge in [-0.05, 0) is 46.6 Å². The van der Waals surface area contributed by atoms with E-state index in [4.69, 9.17) is 9.15 Å². The predicted molar refractivity (Wildman–Crippen MR) is 126 cm³/mol. The first-order chi connectivity index (χ1) is 15.1. The minimum Gasteiger partial charge on any atom is -0.508 e. The Bertz CT molecular complexity index is 1290. The highest BCUT2D eigenvalue weighted by Crippen LogP contribution is 2.42. The normalized spacial score (nSPS) is 10.8. The summed E-state index contributed by atoms with van der Waals surface area (Å²) in [6, 6.07) is 5.51. The predicted octanol–water partition coefficient (Wildman–Crippen LogP) is 5.60. The van der Waals surface area contributed by atoms with E-state index in [-0.39, 0.29) is 34.0 Å². The average molecular weight is 437 g/mol. The minimum absolute atomic E-state index is 0.0128. The van der Waals surface area contributed by atoms with Gasteiger partial charge < -0.3 is 24.5 Å². The summed E-state index contributed by atoms with van der Waals surface area (Å²) >= 11 is 0. The van der Waals surface area contributed by atoms with Crippen LogP contribution in [0.15, 0.2) is 56.8 Å². The quantitative estimate of drug-likeness (QED) is 0.435. The molecule has 6 nitrogen and oxygen atoms in total. The van der Waals surface area contributed by atoms with Crippen LogP contribution < -0.4 is 10.2 Å². The van der Waals surface area contributed by atoms with Gasteiger partial charge in [0.15, 0.2) is 16.9 Å². The summed E-state index contributed by atoms with van der Waals surface area (Å²) < 4.78 is 11.5. The maximum Gasteiger partial charge on any atom is 0.197 e. The zero-order valence-electron chi connectivity index (χ0n) is 18.9. The fourth-order valence-corrected chi connectivity index (χ4v) is 3.56. The molecule has 168 valence electrons. The van der Waals surface area contributed by atoms with E-state index in [9.17, 15) is 20.1 Å². The Morgan fingerprint density at radius 3 is 2.25 bits per heavy atom. The molecule has 2 aromatic carbocycles. The van der Waals surface area contributed by atoms with Crippen LogP contribution in [-0.4, -0.2) is 22.4 Å². The maximum absolute atomic E-state index is 12.8. The Hall–Kier alpha value is -3.67. The molecule has 0 saturated carbocycles. The summed E-state index contributed by atoms with van der Waals surface area (Å²) in [6.07, 6.45) is 4.90. The average Bonchev–Trinajstić information content (AvgIpc) is 2.69. The standard InChI is InChI=1S/C26H28O6/c1-14(2)6-8-16-10-19(18(9-7-15(3)4)25(30)26(16)31-5)22-13-21(29)24-20(28)11-17(27)12-23(24)32-22/h6-7,10-13,27-28,30H,8-9H2,1-5H3. The van der Waals surface area contributed by atoms with Crippen LogP contribution in [0.25, 0.3) is 22.3 Å². The third-order valence-corrected chi connectivity index (χ3v) is 5.15. The van der Waals surface area contributed by atoms with Gasteiger partial charge in [0.1, 0.15) is 28.2 Å². The van der Waals surface area contributed by atoms with Gasteiger partial charge in [-0.25, -0.2) is 0 Å². The number of fused-ring (bicyclic) bond motifs is 1. The van der Waals surface area contributed by atoms with Crippen molar-refractivity contribution >= 4 is 11.0 Å². The van der Waals surface area contributed by atoms with E-state index in [2.05, 4.69) is 0 Å². The van der Waals surface area contributed by atoms with E-state index >= 15 is 0 Å². The number of phenols is 3. The number of methoxy groups -OCH3 is 1. The van der Waals surface area contributed by atoms with Crippen molar-refractivity contribution in [1.29, 1.82) is 0 Å². The lowest BCUT2D eigenvalue weighted by molar-refractivity contribution is 0.368. The molecule has 0 spiro atoms. The Balaban J connectivity index is 2.35. The molecule has 0 unspecified atom stereocenters. The van der Waals surface area contributed by atoms with E-state index in [0.717, 1.165) is 22.8 Å². The van der Waals surface area contributed by atoms with Crippen LogP contribution >= 0.6 is 0 Å². The molecule has 3 rings (SSSR count). The second-order valence-electron chi connectivity index (χ2n) is 8.23. The van der Waals surface area contributed by atoms with Crippen molar-refractivity contribution in [3.63, 3.8) is 0 Å². The molecule has 0 fully saturated rings. The van der Waals surface area contributed by atoms with Crippen molar-refractivity contribution < 1.29 is 24.5 Å². The molecule has 0 atom stereocenters. The highest BCUT2D eigenvalue weighted by molar-refractivity contribution is 5.86. The minimum atomic E-state index is -0.451. The lowest BCUT2D eigenvalue weighted by atomic mass is 9.94. The molecule has 3 aromatic rings. The second kappa shape index (κ2) is 9.22. The topological polar surface area (TPSA) is 100 Å². The number of allylic oxidation sites excluding steroid dienone is 4. The van der Waals surface area contributed by atoms with Gasteiger partial charge in [0.2, 0.25) is 0 Å². The summed E-state index contributed by atoms with van der Waals surface area (Å²) in [6.45, 7) is 7.88. The maximum atomic E-state index is 12.8. The van der Waals surface area contributed by atoms with Gasteiger partial charge in [0, 0.05) is 34.9 Å². The van der Waals surface area contributed by atoms with Crippen molar-refractivity contribution in [2.45, 2.75) is 40.5 Å². The number of rotatable bonds is 6. The van der Waals surface area contributed by atoms with Gasteiger partial charge in [-0.2, -0.15) is 0 Å². The number of phenolic OH excluding ortho intramolecular Hbond substituents is 3. The molecule has 0 saturated heterocycles. The van der Waals surface area contributed by atoms with Gasteiger partial charge in [-0.3, -0.25) is 4.79 Å². The van der Waals surface area contributed by atoms with E-state index in [1.807, 2.05) is 45.9 Å². The van der Waals surface area contributed by atoms with E-state index in [0.29, 0.717) is 29.7 Å². The molecule has 0 aliphatic heterocycles. The molecule has 0 amide bonds. The zero-order chi connectivity index (χ0) is 23.6. The largest absolute Gasteiger partial charge is 0.508 e. The van der Waals surface area contributed by atoms with Gasteiger partial charge >= 0.3 is 0 Å². The molecule has 32 heavy (non-hydrogen) atoms. The van der Waals surface area contributed by atoms with E-state index in [1.165, 1.54) is 19.2 Å². The molecule has 0 aliphatic rings. The Labute approximate surface area is 186 Å². The van der Waals surface area contributed by atoms with Crippen LogP contribution in [0.3, 0.4) is 0 Å². The Morgan fingerprint density at radius 2 is 1.62 bits per heavy atom. The molecular formula is C26H28O6. The van der Waals surface area contributed by atoms with Crippen molar-refractivity contribution in [1.82, 2.24) is 0 Å². The summed E-state index contributed by atoms with van der Waals surface area (Å²) in [4.78, 5) is 12.8. The second-order valence-corrected chi connectivity index (χ2v) is 8.23. The van der Waals surface area contributed by atoms with Crippen LogP contribution in [0.2, 0.25) is 0 Å². The molecule has 1 aromatic heterocycles. The Kier molecular flexibility index (Phi) is 6.63. The van der Waals surface area contributed by atoms with Crippen LogP contribution in [0.4, 0.5) is 0 Å². The number of aromatic hydroxyl groups is 3. The van der Waals surface area contributed by atoms with Crippen molar-refractivity contribution in [3.05, 3.63) is 68.9 Å². The number of ether oxygens (including phenoxy) is 1. The number of benzene rings is 2. The fourth-order valence-electron chi connectivity index (χ4n) is 3.56. The van der Waals surface area contributed by atoms with Gasteiger partial charge in [-0.1, -0.05) is 23.3 Å². The molecule has 0 bridgehead atoms. The first-order valence-electron chi connectivity index (χ1n) is 10.3. The third kappa shape index (κ3) is 4.64. The van der Waals surface area contributed by atoms with Crippen LogP contribution in [-0.2, 0) is 12.8 Å². The zero-order valence-corrected chi connectivity index (χ0v) is 18.9. The lowest BCUT2D eigenvalue weighted by Crippen LogP contribution is -2.03. The van der Waals surface area contributed by atoms with E-state index in [1.54, 1.807) is 0 Å². The van der Waals surface area contributed by atoms with Crippen molar-refractivity contribution in [2.75, 3.05) is 7.11 Å². The van der Waals surface area contributed by atoms with Crippen molar-refractivity contribution in [2.24, 2.45) is 0 Å². The molecule has 0 aliphatic carbocycles. The highest BCUT2D eigenvalue weighted by atomic mass is 16.5.